The molecule has 33 heavy (non-hydrogen) atoms. The summed E-state index contributed by atoms with van der Waals surface area (Å²) in [6, 6.07) is 11.1. The fourth-order valence-electron chi connectivity index (χ4n) is 3.90. The van der Waals surface area contributed by atoms with Crippen molar-refractivity contribution in [2.45, 2.75) is 32.4 Å². The van der Waals surface area contributed by atoms with Crippen LogP contribution in [-0.2, 0) is 6.54 Å². The first kappa shape index (κ1) is 22.3. The van der Waals surface area contributed by atoms with Gasteiger partial charge in [0, 0.05) is 12.1 Å². The van der Waals surface area contributed by atoms with E-state index in [1.165, 1.54) is 19.2 Å². The van der Waals surface area contributed by atoms with E-state index in [1.54, 1.807) is 16.8 Å². The van der Waals surface area contributed by atoms with Crippen molar-refractivity contribution in [3.8, 4) is 17.0 Å². The lowest BCUT2D eigenvalue weighted by molar-refractivity contribution is 0.0946. The summed E-state index contributed by atoms with van der Waals surface area (Å²) in [6.45, 7) is 2.26. The Kier molecular flexibility index (Phi) is 6.04. The van der Waals surface area contributed by atoms with Crippen LogP contribution in [0.4, 0.5) is 10.2 Å². The van der Waals surface area contributed by atoms with Crippen LogP contribution in [-0.4, -0.2) is 28.7 Å². The Balaban J connectivity index is 1.52. The zero-order valence-corrected chi connectivity index (χ0v) is 18.5. The topological polar surface area (TPSA) is 125 Å². The normalized spacial score (nSPS) is 14.0. The van der Waals surface area contributed by atoms with Gasteiger partial charge in [-0.2, -0.15) is 5.10 Å². The lowest BCUT2D eigenvalue weighted by Crippen LogP contribution is -2.23. The van der Waals surface area contributed by atoms with E-state index in [1.807, 2.05) is 19.1 Å². The maximum absolute atomic E-state index is 13.5. The van der Waals surface area contributed by atoms with Crippen molar-refractivity contribution in [3.63, 3.8) is 0 Å². The van der Waals surface area contributed by atoms with Gasteiger partial charge >= 0.3 is 0 Å². The second-order valence-corrected chi connectivity index (χ2v) is 8.22. The first-order valence-electron chi connectivity index (χ1n) is 10.7. The van der Waals surface area contributed by atoms with E-state index in [0.717, 1.165) is 24.5 Å². The van der Waals surface area contributed by atoms with Gasteiger partial charge in [0.05, 0.1) is 18.7 Å². The highest BCUT2D eigenvalue weighted by Gasteiger charge is 2.33. The van der Waals surface area contributed by atoms with Gasteiger partial charge in [0.2, 0.25) is 0 Å². The Morgan fingerprint density at radius 2 is 1.94 bits per heavy atom. The average molecular weight is 452 g/mol. The number of primary amides is 1. The van der Waals surface area contributed by atoms with Gasteiger partial charge in [0.1, 0.15) is 28.6 Å². The van der Waals surface area contributed by atoms with E-state index in [4.69, 9.17) is 16.2 Å². The minimum absolute atomic E-state index is 0.0890. The van der Waals surface area contributed by atoms with Crippen LogP contribution >= 0.6 is 0 Å². The Bertz CT molecular complexity index is 1200. The quantitative estimate of drug-likeness (QED) is 0.485. The molecule has 8 nitrogen and oxygen atoms in total. The van der Waals surface area contributed by atoms with Gasteiger partial charge in [-0.15, -0.1) is 0 Å². The number of anilines is 1. The summed E-state index contributed by atoms with van der Waals surface area (Å²) in [7, 11) is 1.42. The molecule has 1 saturated carbocycles. The molecule has 1 aromatic heterocycles. The largest absolute Gasteiger partial charge is 0.496 e. The van der Waals surface area contributed by atoms with Gasteiger partial charge in [0.25, 0.3) is 11.8 Å². The molecule has 0 saturated heterocycles. The number of halogens is 1. The van der Waals surface area contributed by atoms with Crippen molar-refractivity contribution in [1.82, 2.24) is 15.1 Å². The summed E-state index contributed by atoms with van der Waals surface area (Å²) in [4.78, 5) is 24.6. The molecule has 1 aliphatic carbocycles. The Hall–Kier alpha value is -3.88. The Labute approximate surface area is 190 Å². The minimum Gasteiger partial charge on any atom is -0.496 e. The molecule has 0 bridgehead atoms. The highest BCUT2D eigenvalue weighted by atomic mass is 19.1. The predicted octanol–water partition coefficient (Wildman–Crippen LogP) is 3.28. The van der Waals surface area contributed by atoms with E-state index in [0.29, 0.717) is 17.2 Å². The van der Waals surface area contributed by atoms with Crippen LogP contribution in [0.15, 0.2) is 42.5 Å². The van der Waals surface area contributed by atoms with Crippen molar-refractivity contribution in [1.29, 1.82) is 0 Å². The standard InChI is InChI=1S/C24H26FN5O3/c1-13(15-7-8-15)30-22(26)20(23(27)31)21(29-30)16-5-3-14(4-6-16)12-28-24(32)18-11-17(25)9-10-19(18)33-2/h3-6,9-11,13,15H,7-8,12,26H2,1-2H3,(H2,27,31)(H,28,32). The fraction of sp³-hybridized carbons (Fsp3) is 0.292. The third kappa shape index (κ3) is 4.52. The molecule has 1 unspecified atom stereocenters. The molecular formula is C24H26FN5O3. The molecule has 0 aliphatic heterocycles. The maximum Gasteiger partial charge on any atom is 0.255 e. The van der Waals surface area contributed by atoms with Crippen molar-refractivity contribution in [2.75, 3.05) is 12.8 Å². The van der Waals surface area contributed by atoms with Crippen molar-refractivity contribution >= 4 is 17.6 Å². The van der Waals surface area contributed by atoms with Crippen LogP contribution in [0.5, 0.6) is 5.75 Å². The average Bonchev–Trinajstić information content (AvgIpc) is 3.59. The maximum atomic E-state index is 13.5. The number of hydrogen-bond donors (Lipinski definition) is 3. The summed E-state index contributed by atoms with van der Waals surface area (Å²) >= 11 is 0. The van der Waals surface area contributed by atoms with Crippen LogP contribution in [0.1, 0.15) is 52.1 Å². The summed E-state index contributed by atoms with van der Waals surface area (Å²) in [5.41, 5.74) is 14.1. The number of nitrogens with one attached hydrogen (secondary N) is 1. The minimum atomic E-state index is -0.628. The Morgan fingerprint density at radius 1 is 1.24 bits per heavy atom. The zero-order valence-electron chi connectivity index (χ0n) is 18.5. The molecule has 172 valence electrons. The molecule has 2 aromatic carbocycles. The SMILES string of the molecule is COc1ccc(F)cc1C(=O)NCc1ccc(-c2nn(C(C)C3CC3)c(N)c2C(N)=O)cc1. The number of amides is 2. The van der Waals surface area contributed by atoms with Crippen molar-refractivity contribution in [2.24, 2.45) is 11.7 Å². The number of methoxy groups -OCH3 is 1. The van der Waals surface area contributed by atoms with Gasteiger partial charge in [-0.1, -0.05) is 24.3 Å². The molecule has 4 rings (SSSR count). The highest BCUT2D eigenvalue weighted by Crippen LogP contribution is 2.41. The number of nitrogens with two attached hydrogens (primary N) is 2. The van der Waals surface area contributed by atoms with Crippen LogP contribution in [0.2, 0.25) is 0 Å². The zero-order chi connectivity index (χ0) is 23.7. The number of ether oxygens (including phenoxy) is 1. The van der Waals surface area contributed by atoms with Gasteiger partial charge in [-0.05, 0) is 49.4 Å². The van der Waals surface area contributed by atoms with E-state index >= 15 is 0 Å². The monoisotopic (exact) mass is 451 g/mol. The van der Waals surface area contributed by atoms with E-state index in [9.17, 15) is 14.0 Å². The van der Waals surface area contributed by atoms with E-state index in [2.05, 4.69) is 10.4 Å². The third-order valence-electron chi connectivity index (χ3n) is 5.97. The number of aromatic nitrogens is 2. The molecule has 0 radical (unpaired) electrons. The number of carbonyl (C=O) groups is 2. The fourth-order valence-corrected chi connectivity index (χ4v) is 3.90. The van der Waals surface area contributed by atoms with Gasteiger partial charge in [0.15, 0.2) is 0 Å². The van der Waals surface area contributed by atoms with E-state index in [-0.39, 0.29) is 35.3 Å². The first-order valence-corrected chi connectivity index (χ1v) is 10.7. The van der Waals surface area contributed by atoms with Gasteiger partial charge in [-0.3, -0.25) is 9.59 Å². The smallest absolute Gasteiger partial charge is 0.255 e. The van der Waals surface area contributed by atoms with Crippen LogP contribution in [0.25, 0.3) is 11.3 Å². The van der Waals surface area contributed by atoms with Crippen LogP contribution in [0, 0.1) is 11.7 Å². The Morgan fingerprint density at radius 3 is 2.55 bits per heavy atom. The summed E-state index contributed by atoms with van der Waals surface area (Å²) in [6.07, 6.45) is 2.23. The number of rotatable bonds is 8. The van der Waals surface area contributed by atoms with Crippen molar-refractivity contribution in [3.05, 3.63) is 65.0 Å². The summed E-state index contributed by atoms with van der Waals surface area (Å²) in [5.74, 6) is -0.535. The molecule has 1 aliphatic rings. The number of nitrogens with zero attached hydrogens (tertiary/aromatic N) is 2. The molecule has 0 spiro atoms. The predicted molar refractivity (Wildman–Crippen MR) is 122 cm³/mol. The second-order valence-electron chi connectivity index (χ2n) is 8.22. The molecule has 3 aromatic rings. The molecule has 1 atom stereocenters. The van der Waals surface area contributed by atoms with Gasteiger partial charge in [-0.25, -0.2) is 9.07 Å². The van der Waals surface area contributed by atoms with Crippen molar-refractivity contribution < 1.29 is 18.7 Å². The number of benzene rings is 2. The molecule has 1 fully saturated rings. The molecule has 5 N–H and O–H groups in total. The first-order chi connectivity index (χ1) is 15.8. The third-order valence-corrected chi connectivity index (χ3v) is 5.97. The van der Waals surface area contributed by atoms with Gasteiger partial charge < -0.3 is 21.5 Å². The van der Waals surface area contributed by atoms with Crippen LogP contribution in [0.3, 0.4) is 0 Å². The van der Waals surface area contributed by atoms with E-state index < -0.39 is 17.6 Å². The lowest BCUT2D eigenvalue weighted by Gasteiger charge is -2.12. The lowest BCUT2D eigenvalue weighted by atomic mass is 10.0. The molecule has 2 amide bonds. The molecule has 9 heteroatoms. The number of carbonyl (C=O) groups excluding carboxylic acids is 2. The second kappa shape index (κ2) is 8.93. The van der Waals surface area contributed by atoms with Crippen LogP contribution < -0.4 is 21.5 Å². The summed E-state index contributed by atoms with van der Waals surface area (Å²) in [5, 5.41) is 7.36. The highest BCUT2D eigenvalue weighted by molar-refractivity contribution is 6.03. The molecular weight excluding hydrogens is 425 g/mol. The number of hydrogen-bond acceptors (Lipinski definition) is 5. The number of nitrogen functional groups attached to an aromatic ring is 1. The summed E-state index contributed by atoms with van der Waals surface area (Å²) < 4.78 is 20.4. The molecule has 1 heterocycles.